The molecule has 1 atom stereocenters. The Balaban J connectivity index is 2.50. The summed E-state index contributed by atoms with van der Waals surface area (Å²) in [6.07, 6.45) is 0.0215. The van der Waals surface area contributed by atoms with Crippen molar-refractivity contribution in [2.24, 2.45) is 0 Å². The van der Waals surface area contributed by atoms with Crippen molar-refractivity contribution in [1.29, 1.82) is 0 Å². The van der Waals surface area contributed by atoms with Crippen LogP contribution in [0.2, 0.25) is 0 Å². The molecular formula is C14H21NO4. The van der Waals surface area contributed by atoms with Crippen LogP contribution in [-0.4, -0.2) is 37.9 Å². The summed E-state index contributed by atoms with van der Waals surface area (Å²) >= 11 is 0. The molecule has 2 N–H and O–H groups in total. The fraction of sp³-hybridized carbons (Fsp3) is 0.500. The number of aliphatic hydroxyl groups is 1. The van der Waals surface area contributed by atoms with Gasteiger partial charge in [-0.25, -0.2) is 0 Å². The molecule has 0 aliphatic heterocycles. The predicted molar refractivity (Wildman–Crippen MR) is 72.1 cm³/mol. The zero-order chi connectivity index (χ0) is 14.1. The largest absolute Gasteiger partial charge is 0.483 e. The van der Waals surface area contributed by atoms with E-state index in [-0.39, 0.29) is 12.5 Å². The number of ether oxygens (including phenoxy) is 2. The molecule has 1 amide bonds. The van der Waals surface area contributed by atoms with E-state index in [4.69, 9.17) is 9.47 Å². The molecule has 0 fully saturated rings. The Morgan fingerprint density at radius 3 is 2.84 bits per heavy atom. The minimum absolute atomic E-state index is 0.0723. The average molecular weight is 267 g/mol. The lowest BCUT2D eigenvalue weighted by Crippen LogP contribution is -2.31. The van der Waals surface area contributed by atoms with Crippen LogP contribution < -0.4 is 10.1 Å². The van der Waals surface area contributed by atoms with Gasteiger partial charge in [-0.05, 0) is 12.5 Å². The minimum Gasteiger partial charge on any atom is -0.483 e. The van der Waals surface area contributed by atoms with E-state index in [1.54, 1.807) is 19.2 Å². The van der Waals surface area contributed by atoms with Crippen molar-refractivity contribution in [1.82, 2.24) is 5.32 Å². The minimum atomic E-state index is -0.576. The summed E-state index contributed by atoms with van der Waals surface area (Å²) < 4.78 is 10.3. The van der Waals surface area contributed by atoms with Gasteiger partial charge in [0.1, 0.15) is 5.75 Å². The Morgan fingerprint density at radius 1 is 1.42 bits per heavy atom. The van der Waals surface area contributed by atoms with Gasteiger partial charge in [0.05, 0.1) is 12.7 Å². The molecule has 0 unspecified atom stereocenters. The molecule has 19 heavy (non-hydrogen) atoms. The van der Waals surface area contributed by atoms with Crippen molar-refractivity contribution >= 4 is 5.91 Å². The number of hydrogen-bond donors (Lipinski definition) is 2. The van der Waals surface area contributed by atoms with E-state index in [2.05, 4.69) is 5.32 Å². The molecular weight excluding hydrogens is 246 g/mol. The van der Waals surface area contributed by atoms with Crippen LogP contribution in [-0.2, 0) is 9.53 Å². The predicted octanol–water partition coefficient (Wildman–Crippen LogP) is 1.27. The van der Waals surface area contributed by atoms with Gasteiger partial charge in [-0.1, -0.05) is 25.1 Å². The van der Waals surface area contributed by atoms with Crippen molar-refractivity contribution in [3.63, 3.8) is 0 Å². The quantitative estimate of drug-likeness (QED) is 0.696. The number of hydrogen-bond acceptors (Lipinski definition) is 4. The lowest BCUT2D eigenvalue weighted by atomic mass is 10.1. The number of nitrogens with one attached hydrogen (secondary N) is 1. The highest BCUT2D eigenvalue weighted by atomic mass is 16.5. The molecule has 5 nitrogen and oxygen atoms in total. The zero-order valence-electron chi connectivity index (χ0n) is 11.4. The van der Waals surface area contributed by atoms with E-state index in [1.165, 1.54) is 0 Å². The van der Waals surface area contributed by atoms with Crippen LogP contribution in [0.1, 0.15) is 25.0 Å². The Labute approximate surface area is 113 Å². The van der Waals surface area contributed by atoms with Crippen LogP contribution in [0.3, 0.4) is 0 Å². The normalized spacial score (nSPS) is 11.9. The summed E-state index contributed by atoms with van der Waals surface area (Å²) in [7, 11) is 1.57. The zero-order valence-corrected chi connectivity index (χ0v) is 11.4. The lowest BCUT2D eigenvalue weighted by Gasteiger charge is -2.14. The van der Waals surface area contributed by atoms with Crippen molar-refractivity contribution < 1.29 is 19.4 Å². The standard InChI is InChI=1S/C14H21NO4/c1-3-12(16)11-6-4-5-7-13(11)19-10-14(17)15-8-9-18-2/h4-7,12,16H,3,8-10H2,1-2H3,(H,15,17)/t12-/m1/s1. The van der Waals surface area contributed by atoms with E-state index >= 15 is 0 Å². The van der Waals surface area contributed by atoms with E-state index < -0.39 is 6.10 Å². The molecule has 0 saturated heterocycles. The number of methoxy groups -OCH3 is 1. The number of rotatable bonds is 8. The summed E-state index contributed by atoms with van der Waals surface area (Å²) in [5.41, 5.74) is 0.703. The number of para-hydroxylation sites is 1. The monoisotopic (exact) mass is 267 g/mol. The first-order valence-corrected chi connectivity index (χ1v) is 6.34. The maximum atomic E-state index is 11.5. The SMILES string of the molecule is CC[C@@H](O)c1ccccc1OCC(=O)NCCOC. The summed E-state index contributed by atoms with van der Waals surface area (Å²) in [5.74, 6) is 0.330. The molecule has 0 spiro atoms. The van der Waals surface area contributed by atoms with Crippen molar-refractivity contribution in [3.05, 3.63) is 29.8 Å². The first kappa shape index (κ1) is 15.5. The first-order valence-electron chi connectivity index (χ1n) is 6.34. The van der Waals surface area contributed by atoms with Gasteiger partial charge in [-0.3, -0.25) is 4.79 Å². The molecule has 1 rings (SSSR count). The fourth-order valence-corrected chi connectivity index (χ4v) is 1.59. The summed E-state index contributed by atoms with van der Waals surface area (Å²) in [6, 6.07) is 7.19. The van der Waals surface area contributed by atoms with Gasteiger partial charge in [0.25, 0.3) is 5.91 Å². The highest BCUT2D eigenvalue weighted by molar-refractivity contribution is 5.77. The Kier molecular flexibility index (Phi) is 6.92. The second-order valence-corrected chi connectivity index (χ2v) is 4.09. The van der Waals surface area contributed by atoms with E-state index in [1.807, 2.05) is 19.1 Å². The Hall–Kier alpha value is -1.59. The van der Waals surface area contributed by atoms with Gasteiger partial charge < -0.3 is 19.9 Å². The lowest BCUT2D eigenvalue weighted by molar-refractivity contribution is -0.123. The molecule has 0 aliphatic rings. The molecule has 0 radical (unpaired) electrons. The first-order chi connectivity index (χ1) is 9.19. The molecule has 0 aliphatic carbocycles. The molecule has 0 bridgehead atoms. The third-order valence-corrected chi connectivity index (χ3v) is 2.65. The third-order valence-electron chi connectivity index (χ3n) is 2.65. The van der Waals surface area contributed by atoms with Crippen LogP contribution >= 0.6 is 0 Å². The van der Waals surface area contributed by atoms with Crippen LogP contribution in [0.4, 0.5) is 0 Å². The van der Waals surface area contributed by atoms with Gasteiger partial charge in [-0.15, -0.1) is 0 Å². The average Bonchev–Trinajstić information content (AvgIpc) is 2.45. The van der Waals surface area contributed by atoms with Gasteiger partial charge >= 0.3 is 0 Å². The maximum Gasteiger partial charge on any atom is 0.258 e. The highest BCUT2D eigenvalue weighted by Crippen LogP contribution is 2.26. The molecule has 1 aromatic carbocycles. The van der Waals surface area contributed by atoms with Crippen molar-refractivity contribution in [3.8, 4) is 5.75 Å². The maximum absolute atomic E-state index is 11.5. The summed E-state index contributed by atoms with van der Waals surface area (Å²) in [6.45, 7) is 2.74. The fourth-order valence-electron chi connectivity index (χ4n) is 1.59. The topological polar surface area (TPSA) is 67.8 Å². The van der Waals surface area contributed by atoms with Crippen LogP contribution in [0.25, 0.3) is 0 Å². The molecule has 106 valence electrons. The second kappa shape index (κ2) is 8.50. The number of benzene rings is 1. The van der Waals surface area contributed by atoms with Crippen LogP contribution in [0.15, 0.2) is 24.3 Å². The van der Waals surface area contributed by atoms with E-state index in [0.29, 0.717) is 30.9 Å². The molecule has 5 heteroatoms. The molecule has 0 aromatic heterocycles. The Bertz CT molecular complexity index is 395. The van der Waals surface area contributed by atoms with Gasteiger partial charge in [-0.2, -0.15) is 0 Å². The number of amides is 1. The Morgan fingerprint density at radius 2 is 2.16 bits per heavy atom. The van der Waals surface area contributed by atoms with Crippen molar-refractivity contribution in [2.45, 2.75) is 19.4 Å². The third kappa shape index (κ3) is 5.28. The molecule has 1 aromatic rings. The second-order valence-electron chi connectivity index (χ2n) is 4.09. The number of carbonyl (C=O) groups excluding carboxylic acids is 1. The number of carbonyl (C=O) groups is 1. The highest BCUT2D eigenvalue weighted by Gasteiger charge is 2.12. The van der Waals surface area contributed by atoms with Crippen LogP contribution in [0, 0.1) is 0 Å². The van der Waals surface area contributed by atoms with Gasteiger partial charge in [0.15, 0.2) is 6.61 Å². The number of aliphatic hydroxyl groups excluding tert-OH is 1. The van der Waals surface area contributed by atoms with Crippen LogP contribution in [0.5, 0.6) is 5.75 Å². The van der Waals surface area contributed by atoms with Gasteiger partial charge in [0, 0.05) is 19.2 Å². The molecule has 0 saturated carbocycles. The smallest absolute Gasteiger partial charge is 0.258 e. The van der Waals surface area contributed by atoms with Gasteiger partial charge in [0.2, 0.25) is 0 Å². The summed E-state index contributed by atoms with van der Waals surface area (Å²) in [4.78, 5) is 11.5. The van der Waals surface area contributed by atoms with E-state index in [9.17, 15) is 9.90 Å². The van der Waals surface area contributed by atoms with E-state index in [0.717, 1.165) is 0 Å². The molecule has 0 heterocycles. The van der Waals surface area contributed by atoms with Crippen molar-refractivity contribution in [2.75, 3.05) is 26.9 Å². The summed E-state index contributed by atoms with van der Waals surface area (Å²) in [5, 5.41) is 12.5.